The van der Waals surface area contributed by atoms with E-state index < -0.39 is 0 Å². The van der Waals surface area contributed by atoms with Gasteiger partial charge < -0.3 is 19.9 Å². The first-order valence-electron chi connectivity index (χ1n) is 11.0. The monoisotopic (exact) mass is 430 g/mol. The van der Waals surface area contributed by atoms with Crippen molar-refractivity contribution in [1.82, 2.24) is 19.6 Å². The molecular weight excluding hydrogens is 396 g/mol. The number of ether oxygens (including phenoxy) is 1. The van der Waals surface area contributed by atoms with E-state index in [1.807, 2.05) is 18.2 Å². The van der Waals surface area contributed by atoms with Crippen LogP contribution in [0.2, 0.25) is 0 Å². The Hall–Kier alpha value is -2.19. The van der Waals surface area contributed by atoms with Crippen LogP contribution < -0.4 is 10.2 Å². The van der Waals surface area contributed by atoms with Gasteiger partial charge in [-0.25, -0.2) is 4.98 Å². The zero-order chi connectivity index (χ0) is 21.0. The van der Waals surface area contributed by atoms with Gasteiger partial charge in [0.05, 0.1) is 6.61 Å². The summed E-state index contributed by atoms with van der Waals surface area (Å²) in [6.45, 7) is 11.2. The molecule has 164 valence electrons. The van der Waals surface area contributed by atoms with Gasteiger partial charge in [-0.3, -0.25) is 4.99 Å². The number of nitrogens with zero attached hydrogens (tertiary/aromatic N) is 5. The van der Waals surface area contributed by atoms with E-state index in [1.165, 1.54) is 17.1 Å². The summed E-state index contributed by atoms with van der Waals surface area (Å²) in [5.74, 6) is 1.97. The van der Waals surface area contributed by atoms with Crippen LogP contribution in [-0.4, -0.2) is 66.1 Å². The first kappa shape index (κ1) is 22.5. The second-order valence-electron chi connectivity index (χ2n) is 7.30. The predicted molar refractivity (Wildman–Crippen MR) is 124 cm³/mol. The molecule has 3 rings (SSSR count). The zero-order valence-electron chi connectivity index (χ0n) is 18.2. The van der Waals surface area contributed by atoms with Crippen molar-refractivity contribution in [3.05, 3.63) is 41.7 Å². The lowest BCUT2D eigenvalue weighted by Gasteiger charge is -2.36. The molecule has 1 fully saturated rings. The van der Waals surface area contributed by atoms with Crippen molar-refractivity contribution in [3.63, 3.8) is 0 Å². The highest BCUT2D eigenvalue weighted by molar-refractivity contribution is 7.09. The SMILES string of the molecule is CCNC(=NCCCCOCc1ccccc1)N1CCN(c2nc(CC)ns2)CC1. The number of guanidine groups is 1. The van der Waals surface area contributed by atoms with Gasteiger partial charge in [0.2, 0.25) is 5.13 Å². The van der Waals surface area contributed by atoms with Crippen molar-refractivity contribution in [1.29, 1.82) is 0 Å². The molecule has 2 heterocycles. The number of aliphatic imine (C=N–C) groups is 1. The number of anilines is 1. The van der Waals surface area contributed by atoms with Gasteiger partial charge >= 0.3 is 0 Å². The van der Waals surface area contributed by atoms with E-state index in [0.717, 1.165) is 82.1 Å². The van der Waals surface area contributed by atoms with Crippen LogP contribution >= 0.6 is 11.5 Å². The molecule has 0 amide bonds. The van der Waals surface area contributed by atoms with E-state index in [2.05, 4.69) is 50.5 Å². The quantitative estimate of drug-likeness (QED) is 0.355. The van der Waals surface area contributed by atoms with Gasteiger partial charge in [0.15, 0.2) is 5.96 Å². The van der Waals surface area contributed by atoms with E-state index in [1.54, 1.807) is 0 Å². The third-order valence-electron chi connectivity index (χ3n) is 5.03. The summed E-state index contributed by atoms with van der Waals surface area (Å²) in [7, 11) is 0. The first-order chi connectivity index (χ1) is 14.8. The molecule has 0 radical (unpaired) electrons. The molecule has 7 nitrogen and oxygen atoms in total. The fraction of sp³-hybridized carbons (Fsp3) is 0.591. The molecule has 0 atom stereocenters. The number of unbranched alkanes of at least 4 members (excludes halogenated alkanes) is 1. The summed E-state index contributed by atoms with van der Waals surface area (Å²) in [6.07, 6.45) is 2.96. The third kappa shape index (κ3) is 6.95. The lowest BCUT2D eigenvalue weighted by atomic mass is 10.2. The number of aromatic nitrogens is 2. The minimum atomic E-state index is 0.686. The van der Waals surface area contributed by atoms with Gasteiger partial charge in [-0.1, -0.05) is 37.3 Å². The van der Waals surface area contributed by atoms with E-state index in [9.17, 15) is 0 Å². The lowest BCUT2D eigenvalue weighted by Crippen LogP contribution is -2.52. The Kier molecular flexibility index (Phi) is 9.37. The lowest BCUT2D eigenvalue weighted by molar-refractivity contribution is 0.117. The fourth-order valence-electron chi connectivity index (χ4n) is 3.32. The summed E-state index contributed by atoms with van der Waals surface area (Å²) >= 11 is 1.51. The summed E-state index contributed by atoms with van der Waals surface area (Å²) in [6, 6.07) is 10.3. The number of hydrogen-bond acceptors (Lipinski definition) is 6. The Bertz CT molecular complexity index is 758. The molecule has 1 saturated heterocycles. The van der Waals surface area contributed by atoms with Gasteiger partial charge in [-0.15, -0.1) is 0 Å². The van der Waals surface area contributed by atoms with Crippen LogP contribution in [0.15, 0.2) is 35.3 Å². The normalized spacial score (nSPS) is 14.9. The smallest absolute Gasteiger partial charge is 0.205 e. The maximum atomic E-state index is 5.76. The summed E-state index contributed by atoms with van der Waals surface area (Å²) < 4.78 is 10.2. The van der Waals surface area contributed by atoms with E-state index in [0.29, 0.717) is 6.61 Å². The maximum Gasteiger partial charge on any atom is 0.205 e. The molecular formula is C22H34N6OS. The molecule has 8 heteroatoms. The maximum absolute atomic E-state index is 5.76. The number of benzene rings is 1. The summed E-state index contributed by atoms with van der Waals surface area (Å²) in [5, 5.41) is 4.49. The molecule has 0 saturated carbocycles. The Labute approximate surface area is 184 Å². The van der Waals surface area contributed by atoms with Crippen molar-refractivity contribution in [3.8, 4) is 0 Å². The molecule has 2 aromatic rings. The van der Waals surface area contributed by atoms with Crippen LogP contribution in [0.5, 0.6) is 0 Å². The number of rotatable bonds is 10. The summed E-state index contributed by atoms with van der Waals surface area (Å²) in [5.41, 5.74) is 1.23. The Morgan fingerprint density at radius 1 is 1.13 bits per heavy atom. The molecule has 1 aliphatic heterocycles. The van der Waals surface area contributed by atoms with E-state index in [4.69, 9.17) is 9.73 Å². The van der Waals surface area contributed by atoms with Crippen molar-refractivity contribution >= 4 is 22.6 Å². The highest BCUT2D eigenvalue weighted by atomic mass is 32.1. The van der Waals surface area contributed by atoms with Crippen molar-refractivity contribution in [2.45, 2.75) is 39.7 Å². The van der Waals surface area contributed by atoms with Crippen LogP contribution in [0.1, 0.15) is 38.1 Å². The molecule has 0 aliphatic carbocycles. The Morgan fingerprint density at radius 2 is 1.93 bits per heavy atom. The first-order valence-corrected chi connectivity index (χ1v) is 11.8. The minimum absolute atomic E-state index is 0.686. The molecule has 1 N–H and O–H groups in total. The third-order valence-corrected chi connectivity index (χ3v) is 5.84. The number of nitrogens with one attached hydrogen (secondary N) is 1. The molecule has 1 aromatic heterocycles. The van der Waals surface area contributed by atoms with Gasteiger partial charge in [0.25, 0.3) is 0 Å². The average molecular weight is 431 g/mol. The average Bonchev–Trinajstić information content (AvgIpc) is 3.28. The van der Waals surface area contributed by atoms with Crippen LogP contribution in [0.25, 0.3) is 0 Å². The Morgan fingerprint density at radius 3 is 2.63 bits per heavy atom. The van der Waals surface area contributed by atoms with Crippen molar-refractivity contribution in [2.24, 2.45) is 4.99 Å². The standard InChI is InChI=1S/C22H34N6OS/c1-3-20-25-22(30-26-20)28-15-13-27(14-16-28)21(23-4-2)24-12-8-9-17-29-18-19-10-6-5-7-11-19/h5-7,10-11H,3-4,8-9,12-18H2,1-2H3,(H,23,24). The van der Waals surface area contributed by atoms with Gasteiger partial charge in [0, 0.05) is 63.8 Å². The predicted octanol–water partition coefficient (Wildman–Crippen LogP) is 3.19. The van der Waals surface area contributed by atoms with E-state index in [-0.39, 0.29) is 0 Å². The van der Waals surface area contributed by atoms with Crippen LogP contribution in [0.4, 0.5) is 5.13 Å². The fourth-order valence-corrected chi connectivity index (χ4v) is 4.12. The summed E-state index contributed by atoms with van der Waals surface area (Å²) in [4.78, 5) is 14.1. The molecule has 30 heavy (non-hydrogen) atoms. The zero-order valence-corrected chi connectivity index (χ0v) is 19.0. The number of aryl methyl sites for hydroxylation is 1. The number of piperazine rings is 1. The second-order valence-corrected chi connectivity index (χ2v) is 8.03. The molecule has 0 spiro atoms. The van der Waals surface area contributed by atoms with Crippen LogP contribution in [0, 0.1) is 0 Å². The minimum Gasteiger partial charge on any atom is -0.377 e. The molecule has 0 unspecified atom stereocenters. The van der Waals surface area contributed by atoms with Crippen molar-refractivity contribution in [2.75, 3.05) is 50.8 Å². The van der Waals surface area contributed by atoms with Crippen molar-refractivity contribution < 1.29 is 4.74 Å². The second kappa shape index (κ2) is 12.5. The Balaban J connectivity index is 1.36. The molecule has 1 aliphatic rings. The van der Waals surface area contributed by atoms with Gasteiger partial charge in [-0.05, 0) is 25.3 Å². The molecule has 0 bridgehead atoms. The highest BCUT2D eigenvalue weighted by Gasteiger charge is 2.21. The highest BCUT2D eigenvalue weighted by Crippen LogP contribution is 2.19. The van der Waals surface area contributed by atoms with Gasteiger partial charge in [0.1, 0.15) is 5.82 Å². The topological polar surface area (TPSA) is 65.9 Å². The van der Waals surface area contributed by atoms with Crippen LogP contribution in [0.3, 0.4) is 0 Å². The largest absolute Gasteiger partial charge is 0.377 e. The number of hydrogen-bond donors (Lipinski definition) is 1. The van der Waals surface area contributed by atoms with Gasteiger partial charge in [-0.2, -0.15) is 4.37 Å². The van der Waals surface area contributed by atoms with Crippen LogP contribution in [-0.2, 0) is 17.8 Å². The molecule has 1 aromatic carbocycles. The van der Waals surface area contributed by atoms with E-state index >= 15 is 0 Å².